The number of hydrogen-bond acceptors (Lipinski definition) is 3. The van der Waals surface area contributed by atoms with E-state index in [1.54, 1.807) is 0 Å². The molecule has 0 aromatic heterocycles. The monoisotopic (exact) mass is 289 g/mol. The van der Waals surface area contributed by atoms with Crippen LogP contribution in [-0.2, 0) is 9.53 Å². The van der Waals surface area contributed by atoms with Gasteiger partial charge in [-0.3, -0.25) is 5.32 Å². The smallest absolute Gasteiger partial charge is 0.327 e. The zero-order valence-corrected chi connectivity index (χ0v) is 13.2. The SMILES string of the molecule is CCC1CCCC(NC(C(=O)OC)c2ccccc2)CC1. The summed E-state index contributed by atoms with van der Waals surface area (Å²) in [6.45, 7) is 2.28. The van der Waals surface area contributed by atoms with Gasteiger partial charge in [-0.05, 0) is 30.7 Å². The molecule has 21 heavy (non-hydrogen) atoms. The first-order chi connectivity index (χ1) is 10.2. The Labute approximate surface area is 128 Å². The van der Waals surface area contributed by atoms with Crippen LogP contribution in [0.5, 0.6) is 0 Å². The molecule has 1 N–H and O–H groups in total. The minimum Gasteiger partial charge on any atom is -0.468 e. The second-order valence-corrected chi connectivity index (χ2v) is 6.01. The quantitative estimate of drug-likeness (QED) is 0.661. The van der Waals surface area contributed by atoms with E-state index in [9.17, 15) is 4.79 Å². The molecule has 116 valence electrons. The van der Waals surface area contributed by atoms with E-state index >= 15 is 0 Å². The molecule has 1 fully saturated rings. The highest BCUT2D eigenvalue weighted by atomic mass is 16.5. The third kappa shape index (κ3) is 4.57. The first-order valence-corrected chi connectivity index (χ1v) is 8.13. The molecular weight excluding hydrogens is 262 g/mol. The van der Waals surface area contributed by atoms with Crippen molar-refractivity contribution >= 4 is 5.97 Å². The van der Waals surface area contributed by atoms with Crippen molar-refractivity contribution in [2.75, 3.05) is 7.11 Å². The summed E-state index contributed by atoms with van der Waals surface area (Å²) in [5.41, 5.74) is 0.987. The van der Waals surface area contributed by atoms with Crippen molar-refractivity contribution in [1.29, 1.82) is 0 Å². The molecule has 1 aromatic carbocycles. The van der Waals surface area contributed by atoms with Gasteiger partial charge in [0, 0.05) is 6.04 Å². The topological polar surface area (TPSA) is 38.3 Å². The van der Waals surface area contributed by atoms with Gasteiger partial charge in [-0.2, -0.15) is 0 Å². The predicted molar refractivity (Wildman–Crippen MR) is 85.0 cm³/mol. The average molecular weight is 289 g/mol. The minimum atomic E-state index is -0.348. The molecule has 0 aliphatic heterocycles. The fraction of sp³-hybridized carbons (Fsp3) is 0.611. The second-order valence-electron chi connectivity index (χ2n) is 6.01. The van der Waals surface area contributed by atoms with E-state index in [4.69, 9.17) is 4.74 Å². The molecule has 2 rings (SSSR count). The molecule has 1 aromatic rings. The van der Waals surface area contributed by atoms with Crippen LogP contribution in [0.4, 0.5) is 0 Å². The van der Waals surface area contributed by atoms with Gasteiger partial charge < -0.3 is 4.74 Å². The standard InChI is InChI=1S/C18H27NO2/c1-3-14-8-7-11-16(13-12-14)19-17(18(20)21-2)15-9-5-4-6-10-15/h4-6,9-10,14,16-17,19H,3,7-8,11-13H2,1-2H3. The van der Waals surface area contributed by atoms with Crippen molar-refractivity contribution < 1.29 is 9.53 Å². The van der Waals surface area contributed by atoms with Crippen LogP contribution in [0.3, 0.4) is 0 Å². The maximum Gasteiger partial charge on any atom is 0.327 e. The summed E-state index contributed by atoms with van der Waals surface area (Å²) < 4.78 is 4.98. The third-order valence-electron chi connectivity index (χ3n) is 4.64. The Balaban J connectivity index is 2.03. The number of ether oxygens (including phenoxy) is 1. The molecule has 0 heterocycles. The van der Waals surface area contributed by atoms with Crippen molar-refractivity contribution in [3.05, 3.63) is 35.9 Å². The minimum absolute atomic E-state index is 0.197. The molecule has 1 aliphatic carbocycles. The Bertz CT molecular complexity index is 432. The number of benzene rings is 1. The summed E-state index contributed by atoms with van der Waals surface area (Å²) in [7, 11) is 1.46. The number of nitrogens with one attached hydrogen (secondary N) is 1. The van der Waals surface area contributed by atoms with E-state index in [0.29, 0.717) is 6.04 Å². The van der Waals surface area contributed by atoms with Gasteiger partial charge in [0.05, 0.1) is 7.11 Å². The van der Waals surface area contributed by atoms with Crippen LogP contribution in [0.1, 0.15) is 57.1 Å². The average Bonchev–Trinajstić information content (AvgIpc) is 2.77. The molecule has 1 saturated carbocycles. The maximum absolute atomic E-state index is 12.1. The maximum atomic E-state index is 12.1. The highest BCUT2D eigenvalue weighted by molar-refractivity contribution is 5.77. The highest BCUT2D eigenvalue weighted by Gasteiger charge is 2.26. The normalized spacial score (nSPS) is 24.1. The van der Waals surface area contributed by atoms with Crippen molar-refractivity contribution in [3.8, 4) is 0 Å². The second kappa shape index (κ2) is 8.18. The largest absolute Gasteiger partial charge is 0.468 e. The van der Waals surface area contributed by atoms with E-state index < -0.39 is 0 Å². The highest BCUT2D eigenvalue weighted by Crippen LogP contribution is 2.27. The molecule has 0 bridgehead atoms. The summed E-state index contributed by atoms with van der Waals surface area (Å²) in [6, 6.07) is 9.93. The first-order valence-electron chi connectivity index (χ1n) is 8.13. The number of rotatable bonds is 5. The van der Waals surface area contributed by atoms with Crippen LogP contribution in [0.2, 0.25) is 0 Å². The van der Waals surface area contributed by atoms with Gasteiger partial charge in [-0.15, -0.1) is 0 Å². The molecule has 3 unspecified atom stereocenters. The van der Waals surface area contributed by atoms with Gasteiger partial charge >= 0.3 is 5.97 Å². The van der Waals surface area contributed by atoms with Crippen molar-refractivity contribution in [2.45, 2.75) is 57.5 Å². The van der Waals surface area contributed by atoms with Gasteiger partial charge in [0.1, 0.15) is 6.04 Å². The summed E-state index contributed by atoms with van der Waals surface area (Å²) >= 11 is 0. The van der Waals surface area contributed by atoms with Crippen LogP contribution in [0.15, 0.2) is 30.3 Å². The Hall–Kier alpha value is -1.35. The lowest BCUT2D eigenvalue weighted by Gasteiger charge is -2.23. The van der Waals surface area contributed by atoms with E-state index in [1.807, 2.05) is 30.3 Å². The molecule has 3 atom stereocenters. The van der Waals surface area contributed by atoms with Crippen LogP contribution >= 0.6 is 0 Å². The van der Waals surface area contributed by atoms with Gasteiger partial charge in [0.15, 0.2) is 0 Å². The summed E-state index contributed by atoms with van der Waals surface area (Å²) in [5, 5.41) is 3.53. The lowest BCUT2D eigenvalue weighted by molar-refractivity contribution is -0.143. The predicted octanol–water partition coefficient (Wildman–Crippen LogP) is 3.85. The summed E-state index contributed by atoms with van der Waals surface area (Å²) in [5.74, 6) is 0.655. The van der Waals surface area contributed by atoms with Crippen molar-refractivity contribution in [2.24, 2.45) is 5.92 Å². The number of hydrogen-bond donors (Lipinski definition) is 1. The Morgan fingerprint density at radius 1 is 1.24 bits per heavy atom. The number of esters is 1. The molecule has 3 nitrogen and oxygen atoms in total. The van der Waals surface area contributed by atoms with Crippen molar-refractivity contribution in [3.63, 3.8) is 0 Å². The van der Waals surface area contributed by atoms with E-state index in [2.05, 4.69) is 12.2 Å². The van der Waals surface area contributed by atoms with Gasteiger partial charge in [-0.1, -0.05) is 56.5 Å². The third-order valence-corrected chi connectivity index (χ3v) is 4.64. The van der Waals surface area contributed by atoms with Crippen LogP contribution in [0, 0.1) is 5.92 Å². The van der Waals surface area contributed by atoms with Crippen LogP contribution < -0.4 is 5.32 Å². The Kier molecular flexibility index (Phi) is 6.24. The number of carbonyl (C=O) groups is 1. The lowest BCUT2D eigenvalue weighted by atomic mass is 9.97. The summed E-state index contributed by atoms with van der Waals surface area (Å²) in [6.07, 6.45) is 7.40. The van der Waals surface area contributed by atoms with E-state index in [0.717, 1.165) is 24.3 Å². The number of carbonyl (C=O) groups excluding carboxylic acids is 1. The molecular formula is C18H27NO2. The molecule has 0 radical (unpaired) electrons. The van der Waals surface area contributed by atoms with E-state index in [-0.39, 0.29) is 12.0 Å². The molecule has 3 heteroatoms. The van der Waals surface area contributed by atoms with Gasteiger partial charge in [-0.25, -0.2) is 4.79 Å². The Morgan fingerprint density at radius 3 is 2.67 bits per heavy atom. The molecule has 0 amide bonds. The van der Waals surface area contributed by atoms with Crippen LogP contribution in [0.25, 0.3) is 0 Å². The fourth-order valence-corrected chi connectivity index (χ4v) is 3.25. The molecule has 1 aliphatic rings. The number of methoxy groups -OCH3 is 1. The van der Waals surface area contributed by atoms with Gasteiger partial charge in [0.2, 0.25) is 0 Å². The summed E-state index contributed by atoms with van der Waals surface area (Å²) in [4.78, 5) is 12.1. The van der Waals surface area contributed by atoms with Gasteiger partial charge in [0.25, 0.3) is 0 Å². The fourth-order valence-electron chi connectivity index (χ4n) is 3.25. The lowest BCUT2D eigenvalue weighted by Crippen LogP contribution is -2.37. The van der Waals surface area contributed by atoms with E-state index in [1.165, 1.54) is 32.8 Å². The Morgan fingerprint density at radius 2 is 2.00 bits per heavy atom. The molecule has 0 saturated heterocycles. The first kappa shape index (κ1) is 16.0. The zero-order chi connectivity index (χ0) is 15.1. The van der Waals surface area contributed by atoms with Crippen LogP contribution in [-0.4, -0.2) is 19.1 Å². The zero-order valence-electron chi connectivity index (χ0n) is 13.2. The van der Waals surface area contributed by atoms with Crippen molar-refractivity contribution in [1.82, 2.24) is 5.32 Å². The molecule has 0 spiro atoms.